The molecule has 0 saturated carbocycles. The number of carbonyl (C=O) groups is 1. The van der Waals surface area contributed by atoms with E-state index in [4.69, 9.17) is 9.47 Å². The summed E-state index contributed by atoms with van der Waals surface area (Å²) in [6.07, 6.45) is 0.226. The first kappa shape index (κ1) is 18.1. The standard InChI is InChI=1S/C19H23N3O4/c1-12-4-5-17(25-3)14(8-12)9-19(24)22-6-7-26-11-16(22)15-10-18(23)21-13(2)20-15/h4-5,8,10,16H,6-7,9,11H2,1-3H3,(H,20,21,23). The van der Waals surface area contributed by atoms with E-state index in [9.17, 15) is 9.59 Å². The fraction of sp³-hybridized carbons (Fsp3) is 0.421. The normalized spacial score (nSPS) is 17.2. The summed E-state index contributed by atoms with van der Waals surface area (Å²) >= 11 is 0. The van der Waals surface area contributed by atoms with Crippen molar-refractivity contribution in [1.82, 2.24) is 14.9 Å². The fourth-order valence-corrected chi connectivity index (χ4v) is 3.23. The number of morpholine rings is 1. The Morgan fingerprint density at radius 2 is 2.19 bits per heavy atom. The van der Waals surface area contributed by atoms with Gasteiger partial charge in [-0.2, -0.15) is 0 Å². The predicted octanol–water partition coefficient (Wildman–Crippen LogP) is 1.54. The minimum absolute atomic E-state index is 0.0399. The van der Waals surface area contributed by atoms with Crippen molar-refractivity contribution < 1.29 is 14.3 Å². The van der Waals surface area contributed by atoms with Gasteiger partial charge in [0.1, 0.15) is 11.6 Å². The molecule has 7 heteroatoms. The van der Waals surface area contributed by atoms with E-state index in [0.717, 1.165) is 11.1 Å². The molecule has 1 saturated heterocycles. The molecule has 138 valence electrons. The van der Waals surface area contributed by atoms with Crippen molar-refractivity contribution >= 4 is 5.91 Å². The molecule has 1 aromatic heterocycles. The van der Waals surface area contributed by atoms with Gasteiger partial charge in [0.15, 0.2) is 0 Å². The van der Waals surface area contributed by atoms with E-state index >= 15 is 0 Å². The van der Waals surface area contributed by atoms with E-state index in [-0.39, 0.29) is 23.9 Å². The van der Waals surface area contributed by atoms with E-state index < -0.39 is 0 Å². The van der Waals surface area contributed by atoms with Gasteiger partial charge < -0.3 is 19.4 Å². The number of amides is 1. The summed E-state index contributed by atoms with van der Waals surface area (Å²) in [5.41, 5.74) is 2.23. The highest BCUT2D eigenvalue weighted by atomic mass is 16.5. The number of benzene rings is 1. The van der Waals surface area contributed by atoms with Crippen LogP contribution >= 0.6 is 0 Å². The molecule has 0 bridgehead atoms. The zero-order valence-corrected chi connectivity index (χ0v) is 15.2. The predicted molar refractivity (Wildman–Crippen MR) is 96.3 cm³/mol. The largest absolute Gasteiger partial charge is 0.496 e. The van der Waals surface area contributed by atoms with Gasteiger partial charge in [-0.25, -0.2) is 4.98 Å². The van der Waals surface area contributed by atoms with Crippen molar-refractivity contribution in [2.24, 2.45) is 0 Å². The van der Waals surface area contributed by atoms with Gasteiger partial charge in [0.25, 0.3) is 5.56 Å². The molecule has 0 spiro atoms. The van der Waals surface area contributed by atoms with E-state index in [1.54, 1.807) is 18.9 Å². The smallest absolute Gasteiger partial charge is 0.251 e. The molecule has 1 fully saturated rings. The highest BCUT2D eigenvalue weighted by Gasteiger charge is 2.30. The van der Waals surface area contributed by atoms with Crippen LogP contribution in [0.5, 0.6) is 5.75 Å². The number of H-pyrrole nitrogens is 1. The van der Waals surface area contributed by atoms with Crippen LogP contribution in [0.2, 0.25) is 0 Å². The molecule has 1 unspecified atom stereocenters. The van der Waals surface area contributed by atoms with Crippen LogP contribution in [0.3, 0.4) is 0 Å². The fourth-order valence-electron chi connectivity index (χ4n) is 3.23. The van der Waals surface area contributed by atoms with Crippen LogP contribution in [0, 0.1) is 13.8 Å². The van der Waals surface area contributed by atoms with Gasteiger partial charge in [-0.15, -0.1) is 0 Å². The minimum Gasteiger partial charge on any atom is -0.496 e. The zero-order chi connectivity index (χ0) is 18.7. The lowest BCUT2D eigenvalue weighted by atomic mass is 10.0. The third-order valence-corrected chi connectivity index (χ3v) is 4.45. The lowest BCUT2D eigenvalue weighted by molar-refractivity contribution is -0.139. The molecule has 0 aliphatic carbocycles. The van der Waals surface area contributed by atoms with Gasteiger partial charge in [0, 0.05) is 18.2 Å². The molecule has 1 atom stereocenters. The van der Waals surface area contributed by atoms with Crippen molar-refractivity contribution in [2.45, 2.75) is 26.3 Å². The third-order valence-electron chi connectivity index (χ3n) is 4.45. The Morgan fingerprint density at radius 3 is 2.92 bits per heavy atom. The summed E-state index contributed by atoms with van der Waals surface area (Å²) in [4.78, 5) is 33.5. The van der Waals surface area contributed by atoms with Crippen molar-refractivity contribution in [3.63, 3.8) is 0 Å². The molecule has 2 aromatic rings. The first-order valence-electron chi connectivity index (χ1n) is 8.56. The first-order chi connectivity index (χ1) is 12.5. The van der Waals surface area contributed by atoms with Crippen LogP contribution in [0.4, 0.5) is 0 Å². The number of methoxy groups -OCH3 is 1. The van der Waals surface area contributed by atoms with Crippen LogP contribution in [0.25, 0.3) is 0 Å². The van der Waals surface area contributed by atoms with E-state index in [2.05, 4.69) is 9.97 Å². The Hall–Kier alpha value is -2.67. The Balaban J connectivity index is 1.87. The molecular formula is C19H23N3O4. The first-order valence-corrected chi connectivity index (χ1v) is 8.56. The number of aromatic amines is 1. The monoisotopic (exact) mass is 357 g/mol. The SMILES string of the molecule is COc1ccc(C)cc1CC(=O)N1CCOCC1c1cc(=O)[nH]c(C)n1. The maximum absolute atomic E-state index is 13.0. The molecule has 2 heterocycles. The second-order valence-electron chi connectivity index (χ2n) is 6.43. The van der Waals surface area contributed by atoms with Gasteiger partial charge in [0.05, 0.1) is 38.5 Å². The van der Waals surface area contributed by atoms with Crippen molar-refractivity contribution in [2.75, 3.05) is 26.9 Å². The van der Waals surface area contributed by atoms with Gasteiger partial charge in [0.2, 0.25) is 5.91 Å². The van der Waals surface area contributed by atoms with Crippen molar-refractivity contribution in [3.8, 4) is 5.75 Å². The van der Waals surface area contributed by atoms with Crippen LogP contribution in [-0.2, 0) is 16.0 Å². The summed E-state index contributed by atoms with van der Waals surface area (Å²) in [7, 11) is 1.60. The molecule has 1 amide bonds. The van der Waals surface area contributed by atoms with E-state index in [1.807, 2.05) is 25.1 Å². The summed E-state index contributed by atoms with van der Waals surface area (Å²) in [6.45, 7) is 4.96. The second-order valence-corrected chi connectivity index (χ2v) is 6.43. The average molecular weight is 357 g/mol. The Kier molecular flexibility index (Phi) is 5.37. The van der Waals surface area contributed by atoms with E-state index in [1.165, 1.54) is 6.07 Å². The Bertz CT molecular complexity index is 862. The van der Waals surface area contributed by atoms with Crippen LogP contribution in [0.1, 0.15) is 28.7 Å². The molecule has 26 heavy (non-hydrogen) atoms. The number of hydrogen-bond acceptors (Lipinski definition) is 5. The summed E-state index contributed by atoms with van der Waals surface area (Å²) in [5.74, 6) is 1.17. The Morgan fingerprint density at radius 1 is 1.38 bits per heavy atom. The molecule has 1 aliphatic rings. The molecular weight excluding hydrogens is 334 g/mol. The van der Waals surface area contributed by atoms with Crippen LogP contribution < -0.4 is 10.3 Å². The summed E-state index contributed by atoms with van der Waals surface area (Å²) in [6, 6.07) is 6.85. The maximum Gasteiger partial charge on any atom is 0.251 e. The number of carbonyl (C=O) groups excluding carboxylic acids is 1. The number of rotatable bonds is 4. The summed E-state index contributed by atoms with van der Waals surface area (Å²) < 4.78 is 10.9. The zero-order valence-electron chi connectivity index (χ0n) is 15.2. The molecule has 1 aromatic carbocycles. The number of ether oxygens (including phenoxy) is 2. The molecule has 3 rings (SSSR count). The van der Waals surface area contributed by atoms with Crippen molar-refractivity contribution in [3.05, 3.63) is 57.3 Å². The number of nitrogens with zero attached hydrogens (tertiary/aromatic N) is 2. The highest BCUT2D eigenvalue weighted by Crippen LogP contribution is 2.25. The maximum atomic E-state index is 13.0. The van der Waals surface area contributed by atoms with Gasteiger partial charge >= 0.3 is 0 Å². The second kappa shape index (κ2) is 7.70. The topological polar surface area (TPSA) is 84.5 Å². The average Bonchev–Trinajstić information content (AvgIpc) is 2.61. The molecule has 1 N–H and O–H groups in total. The lowest BCUT2D eigenvalue weighted by Gasteiger charge is -2.35. The number of aromatic nitrogens is 2. The quantitative estimate of drug-likeness (QED) is 0.897. The minimum atomic E-state index is -0.368. The molecule has 7 nitrogen and oxygen atoms in total. The van der Waals surface area contributed by atoms with Gasteiger partial charge in [-0.05, 0) is 19.9 Å². The number of nitrogens with one attached hydrogen (secondary N) is 1. The van der Waals surface area contributed by atoms with Crippen molar-refractivity contribution in [1.29, 1.82) is 0 Å². The highest BCUT2D eigenvalue weighted by molar-refractivity contribution is 5.80. The van der Waals surface area contributed by atoms with E-state index in [0.29, 0.717) is 37.0 Å². The van der Waals surface area contributed by atoms with Gasteiger partial charge in [-0.1, -0.05) is 17.7 Å². The number of aryl methyl sites for hydroxylation is 2. The Labute approximate surface area is 152 Å². The molecule has 0 radical (unpaired) electrons. The number of hydrogen-bond donors (Lipinski definition) is 1. The molecule has 1 aliphatic heterocycles. The van der Waals surface area contributed by atoms with Crippen LogP contribution in [-0.4, -0.2) is 47.6 Å². The third kappa shape index (κ3) is 3.94. The lowest BCUT2D eigenvalue weighted by Crippen LogP contribution is -2.44. The van der Waals surface area contributed by atoms with Crippen LogP contribution in [0.15, 0.2) is 29.1 Å². The van der Waals surface area contributed by atoms with Gasteiger partial charge in [-0.3, -0.25) is 9.59 Å². The summed E-state index contributed by atoms with van der Waals surface area (Å²) in [5, 5.41) is 0.